The van der Waals surface area contributed by atoms with Crippen molar-refractivity contribution in [2.24, 2.45) is 0 Å². The van der Waals surface area contributed by atoms with E-state index in [1.54, 1.807) is 18.6 Å². The number of amides is 1. The van der Waals surface area contributed by atoms with E-state index in [2.05, 4.69) is 21.4 Å². The second-order valence-electron chi connectivity index (χ2n) is 5.16. The predicted molar refractivity (Wildman–Crippen MR) is 88.9 cm³/mol. The van der Waals surface area contributed by atoms with E-state index < -0.39 is 0 Å². The summed E-state index contributed by atoms with van der Waals surface area (Å²) in [6, 6.07) is 11.9. The number of aromatic nitrogens is 3. The molecule has 0 unspecified atom stereocenters. The molecule has 23 heavy (non-hydrogen) atoms. The molecule has 0 aliphatic heterocycles. The summed E-state index contributed by atoms with van der Waals surface area (Å²) >= 11 is 0. The minimum atomic E-state index is 0.0501. The van der Waals surface area contributed by atoms with Gasteiger partial charge in [0, 0.05) is 49.0 Å². The van der Waals surface area contributed by atoms with Crippen LogP contribution in [0.25, 0.3) is 17.1 Å². The van der Waals surface area contributed by atoms with Gasteiger partial charge in [-0.1, -0.05) is 19.1 Å². The summed E-state index contributed by atoms with van der Waals surface area (Å²) in [5.41, 5.74) is 3.02. The maximum absolute atomic E-state index is 11.4. The number of hydrogen-bond donors (Lipinski definition) is 1. The van der Waals surface area contributed by atoms with Crippen molar-refractivity contribution in [1.29, 1.82) is 0 Å². The highest BCUT2D eigenvalue weighted by Crippen LogP contribution is 2.21. The zero-order valence-corrected chi connectivity index (χ0v) is 12.9. The van der Waals surface area contributed by atoms with Gasteiger partial charge in [-0.25, -0.2) is 4.98 Å². The van der Waals surface area contributed by atoms with Crippen molar-refractivity contribution in [3.63, 3.8) is 0 Å². The standard InChI is InChI=1S/C18H18N4O/c1-2-17(23)21-12-14-5-3-7-16(11-14)22-10-9-20-18(22)15-6-4-8-19-13-15/h3-11,13H,2,12H2,1H3,(H,21,23). The minimum absolute atomic E-state index is 0.0501. The van der Waals surface area contributed by atoms with Crippen LogP contribution in [0, 0.1) is 0 Å². The summed E-state index contributed by atoms with van der Waals surface area (Å²) in [6.45, 7) is 2.37. The van der Waals surface area contributed by atoms with Crippen molar-refractivity contribution in [3.05, 3.63) is 66.7 Å². The lowest BCUT2D eigenvalue weighted by molar-refractivity contribution is -0.120. The Hall–Kier alpha value is -2.95. The van der Waals surface area contributed by atoms with E-state index in [0.717, 1.165) is 22.6 Å². The zero-order valence-electron chi connectivity index (χ0n) is 12.9. The molecule has 5 nitrogen and oxygen atoms in total. The van der Waals surface area contributed by atoms with Crippen molar-refractivity contribution in [1.82, 2.24) is 19.9 Å². The van der Waals surface area contributed by atoms with Crippen LogP contribution in [-0.4, -0.2) is 20.4 Å². The lowest BCUT2D eigenvalue weighted by atomic mass is 10.2. The summed E-state index contributed by atoms with van der Waals surface area (Å²) in [7, 11) is 0. The second-order valence-corrected chi connectivity index (χ2v) is 5.16. The lowest BCUT2D eigenvalue weighted by Gasteiger charge is -2.10. The molecule has 0 atom stereocenters. The zero-order chi connectivity index (χ0) is 16.1. The number of carbonyl (C=O) groups excluding carboxylic acids is 1. The molecular formula is C18H18N4O. The first kappa shape index (κ1) is 15.0. The van der Waals surface area contributed by atoms with Crippen LogP contribution in [0.1, 0.15) is 18.9 Å². The van der Waals surface area contributed by atoms with Crippen LogP contribution in [0.5, 0.6) is 0 Å². The maximum atomic E-state index is 11.4. The van der Waals surface area contributed by atoms with Gasteiger partial charge in [0.25, 0.3) is 0 Å². The molecule has 1 amide bonds. The fourth-order valence-corrected chi connectivity index (χ4v) is 2.36. The minimum Gasteiger partial charge on any atom is -0.352 e. The molecule has 0 bridgehead atoms. The number of hydrogen-bond acceptors (Lipinski definition) is 3. The van der Waals surface area contributed by atoms with Gasteiger partial charge in [-0.2, -0.15) is 0 Å². The van der Waals surface area contributed by atoms with E-state index in [4.69, 9.17) is 0 Å². The van der Waals surface area contributed by atoms with Gasteiger partial charge in [0.2, 0.25) is 5.91 Å². The number of nitrogens with one attached hydrogen (secondary N) is 1. The Morgan fingerprint density at radius 2 is 2.13 bits per heavy atom. The van der Waals surface area contributed by atoms with E-state index in [-0.39, 0.29) is 5.91 Å². The molecule has 2 heterocycles. The van der Waals surface area contributed by atoms with Gasteiger partial charge >= 0.3 is 0 Å². The summed E-state index contributed by atoms with van der Waals surface area (Å²) < 4.78 is 2.02. The van der Waals surface area contributed by atoms with Crippen LogP contribution in [-0.2, 0) is 11.3 Å². The van der Waals surface area contributed by atoms with Gasteiger partial charge in [-0.3, -0.25) is 14.3 Å². The molecule has 0 saturated heterocycles. The monoisotopic (exact) mass is 306 g/mol. The first-order chi connectivity index (χ1) is 11.3. The molecule has 3 rings (SSSR count). The van der Waals surface area contributed by atoms with Gasteiger partial charge in [-0.05, 0) is 29.8 Å². The molecule has 0 aliphatic carbocycles. The first-order valence-electron chi connectivity index (χ1n) is 7.57. The van der Waals surface area contributed by atoms with E-state index in [1.807, 2.05) is 48.0 Å². The van der Waals surface area contributed by atoms with Gasteiger partial charge < -0.3 is 5.32 Å². The van der Waals surface area contributed by atoms with Gasteiger partial charge in [0.05, 0.1) is 0 Å². The largest absolute Gasteiger partial charge is 0.352 e. The molecule has 0 fully saturated rings. The molecular weight excluding hydrogens is 288 g/mol. The number of nitrogens with zero attached hydrogens (tertiary/aromatic N) is 3. The SMILES string of the molecule is CCC(=O)NCc1cccc(-n2ccnc2-c2cccnc2)c1. The van der Waals surface area contributed by atoms with Crippen molar-refractivity contribution in [2.75, 3.05) is 0 Å². The molecule has 0 spiro atoms. The average molecular weight is 306 g/mol. The maximum Gasteiger partial charge on any atom is 0.219 e. The number of imidazole rings is 1. The molecule has 3 aromatic rings. The quantitative estimate of drug-likeness (QED) is 0.788. The number of carbonyl (C=O) groups is 1. The highest BCUT2D eigenvalue weighted by Gasteiger charge is 2.08. The number of rotatable bonds is 5. The van der Waals surface area contributed by atoms with Crippen LogP contribution in [0.3, 0.4) is 0 Å². The van der Waals surface area contributed by atoms with Gasteiger partial charge in [0.15, 0.2) is 0 Å². The first-order valence-corrected chi connectivity index (χ1v) is 7.57. The Morgan fingerprint density at radius 1 is 1.22 bits per heavy atom. The smallest absolute Gasteiger partial charge is 0.219 e. The molecule has 1 aromatic carbocycles. The van der Waals surface area contributed by atoms with E-state index in [1.165, 1.54) is 0 Å². The Balaban J connectivity index is 1.89. The molecule has 1 N–H and O–H groups in total. The molecule has 116 valence electrons. The Morgan fingerprint density at radius 3 is 2.91 bits per heavy atom. The average Bonchev–Trinajstić information content (AvgIpc) is 3.10. The number of pyridine rings is 1. The highest BCUT2D eigenvalue weighted by atomic mass is 16.1. The van der Waals surface area contributed by atoms with Crippen molar-refractivity contribution in [3.8, 4) is 17.1 Å². The van der Waals surface area contributed by atoms with Crippen LogP contribution in [0.15, 0.2) is 61.2 Å². The highest BCUT2D eigenvalue weighted by molar-refractivity contribution is 5.75. The van der Waals surface area contributed by atoms with Crippen LogP contribution < -0.4 is 5.32 Å². The second kappa shape index (κ2) is 6.87. The van der Waals surface area contributed by atoms with E-state index >= 15 is 0 Å². The molecule has 0 saturated carbocycles. The Kier molecular flexibility index (Phi) is 4.47. The fraction of sp³-hybridized carbons (Fsp3) is 0.167. The Labute approximate surface area is 135 Å². The lowest BCUT2D eigenvalue weighted by Crippen LogP contribution is -2.21. The Bertz CT molecular complexity index is 796. The fourth-order valence-electron chi connectivity index (χ4n) is 2.36. The normalized spacial score (nSPS) is 10.5. The molecule has 0 aliphatic rings. The predicted octanol–water partition coefficient (Wildman–Crippen LogP) is 2.96. The third-order valence-electron chi connectivity index (χ3n) is 3.56. The van der Waals surface area contributed by atoms with Crippen LogP contribution in [0.2, 0.25) is 0 Å². The van der Waals surface area contributed by atoms with Gasteiger partial charge in [-0.15, -0.1) is 0 Å². The van der Waals surface area contributed by atoms with Gasteiger partial charge in [0.1, 0.15) is 5.82 Å². The topological polar surface area (TPSA) is 59.8 Å². The summed E-state index contributed by atoms with van der Waals surface area (Å²) in [5.74, 6) is 0.891. The summed E-state index contributed by atoms with van der Waals surface area (Å²) in [6.07, 6.45) is 7.73. The molecule has 2 aromatic heterocycles. The van der Waals surface area contributed by atoms with Crippen molar-refractivity contribution in [2.45, 2.75) is 19.9 Å². The third kappa shape index (κ3) is 3.45. The third-order valence-corrected chi connectivity index (χ3v) is 3.56. The molecule has 0 radical (unpaired) electrons. The van der Waals surface area contributed by atoms with Crippen molar-refractivity contribution >= 4 is 5.91 Å². The van der Waals surface area contributed by atoms with E-state index in [9.17, 15) is 4.79 Å². The van der Waals surface area contributed by atoms with Crippen molar-refractivity contribution < 1.29 is 4.79 Å². The summed E-state index contributed by atoms with van der Waals surface area (Å²) in [4.78, 5) is 20.0. The molecule has 5 heteroatoms. The number of benzene rings is 1. The van der Waals surface area contributed by atoms with E-state index in [0.29, 0.717) is 13.0 Å². The van der Waals surface area contributed by atoms with Crippen LogP contribution >= 0.6 is 0 Å². The van der Waals surface area contributed by atoms with Crippen LogP contribution in [0.4, 0.5) is 0 Å². The summed E-state index contributed by atoms with van der Waals surface area (Å²) in [5, 5.41) is 2.89.